The zero-order valence-corrected chi connectivity index (χ0v) is 30.0. The van der Waals surface area contributed by atoms with E-state index in [9.17, 15) is 0 Å². The lowest BCUT2D eigenvalue weighted by Crippen LogP contribution is -2.18. The fraction of sp³-hybridized carbons (Fsp3) is 1.00. The second-order valence-electron chi connectivity index (χ2n) is 14.7. The molecule has 0 bridgehead atoms. The molecule has 0 heterocycles. The molecule has 0 aliphatic rings. The van der Waals surface area contributed by atoms with Gasteiger partial charge in [0.1, 0.15) is 0 Å². The van der Waals surface area contributed by atoms with Crippen LogP contribution in [0.25, 0.3) is 0 Å². The molecule has 0 spiro atoms. The quantitative estimate of drug-likeness (QED) is 0.0750. The second-order valence-corrected chi connectivity index (χ2v) is 14.7. The summed E-state index contributed by atoms with van der Waals surface area (Å²) in [6, 6.07) is 0. The molecule has 0 fully saturated rings. The molecule has 1 nitrogen and oxygen atoms in total. The molecule has 2 atom stereocenters. The van der Waals surface area contributed by atoms with Crippen LogP contribution in [0, 0.1) is 23.7 Å². The van der Waals surface area contributed by atoms with Crippen molar-refractivity contribution >= 4 is 0 Å². The van der Waals surface area contributed by atoms with E-state index in [4.69, 9.17) is 0 Å². The Morgan fingerprint density at radius 1 is 0.317 bits per heavy atom. The van der Waals surface area contributed by atoms with Gasteiger partial charge in [-0.15, -0.1) is 0 Å². The zero-order valence-electron chi connectivity index (χ0n) is 30.0. The SMILES string of the molecule is CCCCCCCCCCCCC(CCCCNCCCCC(CCCCCCCCCCCC)C(C)C)C(C)C. The predicted molar refractivity (Wildman–Crippen MR) is 190 cm³/mol. The van der Waals surface area contributed by atoms with Crippen molar-refractivity contribution in [2.45, 2.75) is 221 Å². The van der Waals surface area contributed by atoms with E-state index in [2.05, 4.69) is 46.9 Å². The molecule has 0 aliphatic carbocycles. The molecule has 0 aromatic carbocycles. The number of hydrogen-bond acceptors (Lipinski definition) is 1. The van der Waals surface area contributed by atoms with E-state index in [0.717, 1.165) is 23.7 Å². The van der Waals surface area contributed by atoms with E-state index >= 15 is 0 Å². The Morgan fingerprint density at radius 3 is 0.829 bits per heavy atom. The van der Waals surface area contributed by atoms with Crippen molar-refractivity contribution in [3.63, 3.8) is 0 Å². The van der Waals surface area contributed by atoms with Gasteiger partial charge < -0.3 is 5.32 Å². The molecule has 1 heteroatoms. The van der Waals surface area contributed by atoms with E-state index < -0.39 is 0 Å². The fourth-order valence-electron chi connectivity index (χ4n) is 6.85. The highest BCUT2D eigenvalue weighted by molar-refractivity contribution is 4.66. The van der Waals surface area contributed by atoms with Crippen molar-refractivity contribution in [2.75, 3.05) is 13.1 Å². The van der Waals surface area contributed by atoms with Crippen molar-refractivity contribution in [3.05, 3.63) is 0 Å². The van der Waals surface area contributed by atoms with Crippen molar-refractivity contribution in [2.24, 2.45) is 23.7 Å². The smallest absolute Gasteiger partial charge is 0.00489 e. The molecule has 0 rings (SSSR count). The van der Waals surface area contributed by atoms with Crippen LogP contribution in [0.2, 0.25) is 0 Å². The van der Waals surface area contributed by atoms with Crippen LogP contribution < -0.4 is 5.32 Å². The van der Waals surface area contributed by atoms with Crippen LogP contribution >= 0.6 is 0 Å². The summed E-state index contributed by atoms with van der Waals surface area (Å²) in [5.41, 5.74) is 0. The average Bonchev–Trinajstić information content (AvgIpc) is 2.95. The third-order valence-electron chi connectivity index (χ3n) is 10.1. The standard InChI is InChI=1S/C40H83N/c1-7-9-11-13-15-17-19-21-23-25-31-39(37(3)4)33-27-29-35-41-36-30-28-34-40(38(5)6)32-26-24-22-20-18-16-14-12-10-8-2/h37-41H,7-36H2,1-6H3. The maximum atomic E-state index is 3.77. The summed E-state index contributed by atoms with van der Waals surface area (Å²) >= 11 is 0. The van der Waals surface area contributed by atoms with Gasteiger partial charge in [-0.05, 0) is 49.6 Å². The van der Waals surface area contributed by atoms with Crippen LogP contribution in [0.5, 0.6) is 0 Å². The Hall–Kier alpha value is -0.0400. The predicted octanol–water partition coefficient (Wildman–Crippen LogP) is 14.1. The third kappa shape index (κ3) is 29.8. The first-order valence-electron chi connectivity index (χ1n) is 19.7. The first kappa shape index (κ1) is 41.0. The molecule has 1 N–H and O–H groups in total. The molecular formula is C40H83N. The van der Waals surface area contributed by atoms with Gasteiger partial charge in [0.15, 0.2) is 0 Å². The van der Waals surface area contributed by atoms with Gasteiger partial charge in [-0.2, -0.15) is 0 Å². The van der Waals surface area contributed by atoms with Crippen molar-refractivity contribution in [1.82, 2.24) is 5.32 Å². The summed E-state index contributed by atoms with van der Waals surface area (Å²) in [7, 11) is 0. The zero-order chi connectivity index (χ0) is 30.2. The first-order valence-corrected chi connectivity index (χ1v) is 19.7. The highest BCUT2D eigenvalue weighted by Crippen LogP contribution is 2.26. The summed E-state index contributed by atoms with van der Waals surface area (Å²) in [5, 5.41) is 3.77. The van der Waals surface area contributed by atoms with E-state index in [1.54, 1.807) is 0 Å². The van der Waals surface area contributed by atoms with Crippen LogP contribution in [0.15, 0.2) is 0 Å². The van der Waals surface area contributed by atoms with E-state index in [0.29, 0.717) is 0 Å². The van der Waals surface area contributed by atoms with Crippen LogP contribution in [0.4, 0.5) is 0 Å². The Morgan fingerprint density at radius 2 is 0.561 bits per heavy atom. The maximum Gasteiger partial charge on any atom is -0.00489 e. The van der Waals surface area contributed by atoms with Gasteiger partial charge in [0.05, 0.1) is 0 Å². The average molecular weight is 578 g/mol. The minimum atomic E-state index is 0.857. The highest BCUT2D eigenvalue weighted by Gasteiger charge is 2.14. The van der Waals surface area contributed by atoms with Gasteiger partial charge in [-0.25, -0.2) is 0 Å². The highest BCUT2D eigenvalue weighted by atomic mass is 14.8. The van der Waals surface area contributed by atoms with Crippen LogP contribution in [-0.4, -0.2) is 13.1 Å². The first-order chi connectivity index (χ1) is 20.0. The lowest BCUT2D eigenvalue weighted by Gasteiger charge is -2.21. The van der Waals surface area contributed by atoms with Crippen molar-refractivity contribution in [1.29, 1.82) is 0 Å². The Labute approximate surface area is 263 Å². The van der Waals surface area contributed by atoms with Gasteiger partial charge in [0, 0.05) is 0 Å². The van der Waals surface area contributed by atoms with Gasteiger partial charge in [-0.1, -0.05) is 208 Å². The Bertz CT molecular complexity index is 427. The van der Waals surface area contributed by atoms with Gasteiger partial charge in [-0.3, -0.25) is 0 Å². The minimum Gasteiger partial charge on any atom is -0.317 e. The monoisotopic (exact) mass is 578 g/mol. The number of nitrogens with one attached hydrogen (secondary N) is 1. The normalized spacial score (nSPS) is 13.5. The van der Waals surface area contributed by atoms with E-state index in [1.165, 1.54) is 193 Å². The number of hydrogen-bond donors (Lipinski definition) is 1. The second kappa shape index (κ2) is 32.9. The van der Waals surface area contributed by atoms with Crippen LogP contribution in [-0.2, 0) is 0 Å². The molecule has 0 aliphatic heterocycles. The Kier molecular flexibility index (Phi) is 32.8. The lowest BCUT2D eigenvalue weighted by molar-refractivity contribution is 0.310. The van der Waals surface area contributed by atoms with Crippen molar-refractivity contribution < 1.29 is 0 Å². The molecule has 248 valence electrons. The molecule has 2 unspecified atom stereocenters. The minimum absolute atomic E-state index is 0.857. The largest absolute Gasteiger partial charge is 0.317 e. The molecule has 0 amide bonds. The van der Waals surface area contributed by atoms with Gasteiger partial charge >= 0.3 is 0 Å². The third-order valence-corrected chi connectivity index (χ3v) is 10.1. The molecular weight excluding hydrogens is 494 g/mol. The summed E-state index contributed by atoms with van der Waals surface area (Å²) in [6.07, 6.45) is 40.5. The molecule has 0 aromatic heterocycles. The summed E-state index contributed by atoms with van der Waals surface area (Å²) in [5.74, 6) is 3.62. The lowest BCUT2D eigenvalue weighted by atomic mass is 9.86. The van der Waals surface area contributed by atoms with E-state index in [-0.39, 0.29) is 0 Å². The van der Waals surface area contributed by atoms with Crippen LogP contribution in [0.3, 0.4) is 0 Å². The summed E-state index contributed by atoms with van der Waals surface area (Å²) in [6.45, 7) is 16.9. The fourth-order valence-corrected chi connectivity index (χ4v) is 6.85. The molecule has 0 aromatic rings. The maximum absolute atomic E-state index is 3.77. The van der Waals surface area contributed by atoms with Crippen molar-refractivity contribution in [3.8, 4) is 0 Å². The van der Waals surface area contributed by atoms with Gasteiger partial charge in [0.25, 0.3) is 0 Å². The molecule has 0 radical (unpaired) electrons. The van der Waals surface area contributed by atoms with Gasteiger partial charge in [0.2, 0.25) is 0 Å². The number of unbranched alkanes of at least 4 members (excludes halogenated alkanes) is 20. The Balaban J connectivity index is 3.64. The number of rotatable bonds is 34. The summed E-state index contributed by atoms with van der Waals surface area (Å²) in [4.78, 5) is 0. The summed E-state index contributed by atoms with van der Waals surface area (Å²) < 4.78 is 0. The van der Waals surface area contributed by atoms with E-state index in [1.807, 2.05) is 0 Å². The molecule has 0 saturated heterocycles. The molecule has 41 heavy (non-hydrogen) atoms. The topological polar surface area (TPSA) is 12.0 Å². The molecule has 0 saturated carbocycles. The van der Waals surface area contributed by atoms with Crippen LogP contribution in [0.1, 0.15) is 221 Å².